The molecule has 0 spiro atoms. The van der Waals surface area contributed by atoms with Gasteiger partial charge in [0.05, 0.1) is 0 Å². The first-order chi connectivity index (χ1) is 5.74. The maximum atomic E-state index is 3.03. The Morgan fingerprint density at radius 2 is 2.00 bits per heavy atom. The van der Waals surface area contributed by atoms with Gasteiger partial charge in [-0.3, -0.25) is 0 Å². The summed E-state index contributed by atoms with van der Waals surface area (Å²) in [5, 5.41) is 0. The highest BCUT2D eigenvalue weighted by atomic mass is 15.1. The highest BCUT2D eigenvalue weighted by molar-refractivity contribution is 5.51. The monoisotopic (exact) mass is 159 g/mol. The van der Waals surface area contributed by atoms with Gasteiger partial charge < -0.3 is 4.90 Å². The molecule has 0 heterocycles. The standard InChI is InChI=1S/C11H13N/c1-4-6-10-7-5-8-11(9-10)12(2)3/h5,7-9H,1-3H3. The van der Waals surface area contributed by atoms with Gasteiger partial charge in [-0.1, -0.05) is 12.0 Å². The van der Waals surface area contributed by atoms with E-state index in [1.165, 1.54) is 5.69 Å². The Balaban J connectivity index is 3.01. The normalized spacial score (nSPS) is 8.58. The third-order valence-corrected chi connectivity index (χ3v) is 1.63. The van der Waals surface area contributed by atoms with Crippen molar-refractivity contribution in [1.82, 2.24) is 0 Å². The Kier molecular flexibility index (Phi) is 2.76. The van der Waals surface area contributed by atoms with Gasteiger partial charge in [0.15, 0.2) is 0 Å². The number of nitrogens with zero attached hydrogens (tertiary/aromatic N) is 1. The summed E-state index contributed by atoms with van der Waals surface area (Å²) >= 11 is 0. The Labute approximate surface area is 74.0 Å². The van der Waals surface area contributed by atoms with Crippen molar-refractivity contribution in [2.75, 3.05) is 19.0 Å². The molecule has 0 N–H and O–H groups in total. The highest BCUT2D eigenvalue weighted by Gasteiger charge is 1.93. The van der Waals surface area contributed by atoms with Crippen LogP contribution in [0.1, 0.15) is 12.5 Å². The molecule has 0 aromatic heterocycles. The minimum Gasteiger partial charge on any atom is -0.378 e. The fraction of sp³-hybridized carbons (Fsp3) is 0.273. The van der Waals surface area contributed by atoms with E-state index in [0.717, 1.165) is 5.56 Å². The fourth-order valence-electron chi connectivity index (χ4n) is 1.01. The van der Waals surface area contributed by atoms with E-state index < -0.39 is 0 Å². The van der Waals surface area contributed by atoms with Crippen LogP contribution in [0.2, 0.25) is 0 Å². The zero-order valence-corrected chi connectivity index (χ0v) is 7.76. The Bertz CT molecular complexity index is 315. The molecule has 62 valence electrons. The molecule has 0 aliphatic rings. The van der Waals surface area contributed by atoms with Crippen molar-refractivity contribution in [3.63, 3.8) is 0 Å². The van der Waals surface area contributed by atoms with Gasteiger partial charge in [-0.05, 0) is 25.1 Å². The molecule has 1 nitrogen and oxygen atoms in total. The van der Waals surface area contributed by atoms with Gasteiger partial charge in [0, 0.05) is 25.3 Å². The van der Waals surface area contributed by atoms with E-state index in [4.69, 9.17) is 0 Å². The highest BCUT2D eigenvalue weighted by Crippen LogP contribution is 2.12. The van der Waals surface area contributed by atoms with E-state index in [1.54, 1.807) is 0 Å². The average molecular weight is 159 g/mol. The first-order valence-corrected chi connectivity index (χ1v) is 3.94. The van der Waals surface area contributed by atoms with Crippen molar-refractivity contribution < 1.29 is 0 Å². The topological polar surface area (TPSA) is 3.24 Å². The van der Waals surface area contributed by atoms with Crippen molar-refractivity contribution in [2.24, 2.45) is 0 Å². The summed E-state index contributed by atoms with van der Waals surface area (Å²) in [6, 6.07) is 8.19. The second-order valence-electron chi connectivity index (χ2n) is 2.82. The van der Waals surface area contributed by atoms with Gasteiger partial charge in [0.2, 0.25) is 0 Å². The van der Waals surface area contributed by atoms with E-state index in [9.17, 15) is 0 Å². The zero-order chi connectivity index (χ0) is 8.97. The summed E-state index contributed by atoms with van der Waals surface area (Å²) in [7, 11) is 4.05. The number of anilines is 1. The minimum absolute atomic E-state index is 1.07. The summed E-state index contributed by atoms with van der Waals surface area (Å²) in [5.74, 6) is 5.91. The molecule has 12 heavy (non-hydrogen) atoms. The molecule has 0 amide bonds. The lowest BCUT2D eigenvalue weighted by Crippen LogP contribution is -2.08. The first kappa shape index (κ1) is 8.67. The molecule has 0 fully saturated rings. The zero-order valence-electron chi connectivity index (χ0n) is 7.76. The van der Waals surface area contributed by atoms with Crippen LogP contribution in [0, 0.1) is 11.8 Å². The largest absolute Gasteiger partial charge is 0.378 e. The summed E-state index contributed by atoms with van der Waals surface area (Å²) in [6.07, 6.45) is 0. The molecule has 0 aliphatic carbocycles. The van der Waals surface area contributed by atoms with E-state index in [1.807, 2.05) is 33.2 Å². The second kappa shape index (κ2) is 3.82. The molecule has 0 saturated heterocycles. The third-order valence-electron chi connectivity index (χ3n) is 1.63. The predicted molar refractivity (Wildman–Crippen MR) is 53.3 cm³/mol. The Morgan fingerprint density at radius 3 is 2.58 bits per heavy atom. The van der Waals surface area contributed by atoms with Crippen LogP contribution >= 0.6 is 0 Å². The summed E-state index contributed by atoms with van der Waals surface area (Å²) < 4.78 is 0. The van der Waals surface area contributed by atoms with Gasteiger partial charge in [-0.15, -0.1) is 5.92 Å². The predicted octanol–water partition coefficient (Wildman–Crippen LogP) is 2.12. The van der Waals surface area contributed by atoms with E-state index in [2.05, 4.69) is 28.9 Å². The van der Waals surface area contributed by atoms with Gasteiger partial charge >= 0.3 is 0 Å². The van der Waals surface area contributed by atoms with Crippen molar-refractivity contribution in [3.8, 4) is 11.8 Å². The molecule has 0 aliphatic heterocycles. The van der Waals surface area contributed by atoms with Crippen molar-refractivity contribution in [1.29, 1.82) is 0 Å². The second-order valence-corrected chi connectivity index (χ2v) is 2.82. The molecule has 0 unspecified atom stereocenters. The third kappa shape index (κ3) is 2.03. The fourth-order valence-corrected chi connectivity index (χ4v) is 1.01. The number of hydrogen-bond acceptors (Lipinski definition) is 1. The number of benzene rings is 1. The van der Waals surface area contributed by atoms with Gasteiger partial charge in [0.25, 0.3) is 0 Å². The number of rotatable bonds is 1. The van der Waals surface area contributed by atoms with Gasteiger partial charge in [-0.25, -0.2) is 0 Å². The summed E-state index contributed by atoms with van der Waals surface area (Å²) in [4.78, 5) is 2.07. The van der Waals surface area contributed by atoms with Crippen LogP contribution in [0.15, 0.2) is 24.3 Å². The van der Waals surface area contributed by atoms with Crippen LogP contribution in [0.5, 0.6) is 0 Å². The van der Waals surface area contributed by atoms with Crippen molar-refractivity contribution in [2.45, 2.75) is 6.92 Å². The van der Waals surface area contributed by atoms with Crippen LogP contribution in [0.25, 0.3) is 0 Å². The lowest BCUT2D eigenvalue weighted by molar-refractivity contribution is 1.13. The molecule has 0 radical (unpaired) electrons. The van der Waals surface area contributed by atoms with Gasteiger partial charge in [0.1, 0.15) is 0 Å². The molecule has 0 atom stereocenters. The Morgan fingerprint density at radius 1 is 1.25 bits per heavy atom. The van der Waals surface area contributed by atoms with Crippen LogP contribution in [0.3, 0.4) is 0 Å². The smallest absolute Gasteiger partial charge is 0.0373 e. The molecule has 0 bridgehead atoms. The van der Waals surface area contributed by atoms with Gasteiger partial charge in [-0.2, -0.15) is 0 Å². The summed E-state index contributed by atoms with van der Waals surface area (Å²) in [5.41, 5.74) is 2.26. The number of hydrogen-bond donors (Lipinski definition) is 0. The molecule has 0 saturated carbocycles. The molecule has 1 heteroatoms. The molecule has 1 aromatic rings. The van der Waals surface area contributed by atoms with Crippen LogP contribution in [-0.2, 0) is 0 Å². The average Bonchev–Trinajstić information content (AvgIpc) is 2.05. The van der Waals surface area contributed by atoms with E-state index in [0.29, 0.717) is 0 Å². The lowest BCUT2D eigenvalue weighted by atomic mass is 10.2. The van der Waals surface area contributed by atoms with Crippen molar-refractivity contribution >= 4 is 5.69 Å². The van der Waals surface area contributed by atoms with Crippen LogP contribution < -0.4 is 4.90 Å². The van der Waals surface area contributed by atoms with E-state index in [-0.39, 0.29) is 0 Å². The maximum absolute atomic E-state index is 3.03. The SMILES string of the molecule is CC#Cc1cccc(N(C)C)c1. The maximum Gasteiger partial charge on any atom is 0.0373 e. The Hall–Kier alpha value is -1.42. The first-order valence-electron chi connectivity index (χ1n) is 3.94. The molecule has 1 rings (SSSR count). The van der Waals surface area contributed by atoms with Crippen LogP contribution in [-0.4, -0.2) is 14.1 Å². The minimum atomic E-state index is 1.07. The summed E-state index contributed by atoms with van der Waals surface area (Å²) in [6.45, 7) is 1.85. The molecular formula is C11H13N. The quantitative estimate of drug-likeness (QED) is 0.567. The van der Waals surface area contributed by atoms with Crippen LogP contribution in [0.4, 0.5) is 5.69 Å². The van der Waals surface area contributed by atoms with E-state index >= 15 is 0 Å². The molecular weight excluding hydrogens is 146 g/mol. The van der Waals surface area contributed by atoms with Crippen molar-refractivity contribution in [3.05, 3.63) is 29.8 Å². The lowest BCUT2D eigenvalue weighted by Gasteiger charge is -2.11. The molecule has 1 aromatic carbocycles.